The highest BCUT2D eigenvalue weighted by atomic mass is 16.5. The molecule has 0 bridgehead atoms. The molecule has 0 aliphatic rings. The van der Waals surface area contributed by atoms with Crippen LogP contribution in [0.4, 0.5) is 0 Å². The van der Waals surface area contributed by atoms with Crippen LogP contribution in [0.2, 0.25) is 0 Å². The molecule has 27 heavy (non-hydrogen) atoms. The van der Waals surface area contributed by atoms with Gasteiger partial charge in [0.15, 0.2) is 0 Å². The monoisotopic (exact) mass is 362 g/mol. The van der Waals surface area contributed by atoms with Gasteiger partial charge in [-0.25, -0.2) is 0 Å². The number of methoxy groups -OCH3 is 1. The second-order valence-electron chi connectivity index (χ2n) is 6.57. The van der Waals surface area contributed by atoms with Crippen LogP contribution in [0.3, 0.4) is 0 Å². The molecule has 3 rings (SSSR count). The zero-order valence-corrected chi connectivity index (χ0v) is 15.9. The van der Waals surface area contributed by atoms with E-state index in [1.54, 1.807) is 7.11 Å². The lowest BCUT2D eigenvalue weighted by Gasteiger charge is -2.14. The van der Waals surface area contributed by atoms with E-state index >= 15 is 0 Å². The summed E-state index contributed by atoms with van der Waals surface area (Å²) >= 11 is 0. The maximum atomic E-state index is 5.93. The number of nitrogens with zero attached hydrogens (tertiary/aromatic N) is 1. The number of hydrogen-bond acceptors (Lipinski definition) is 4. The van der Waals surface area contributed by atoms with E-state index in [1.807, 2.05) is 48.7 Å². The summed E-state index contributed by atoms with van der Waals surface area (Å²) < 4.78 is 11.1. The van der Waals surface area contributed by atoms with Gasteiger partial charge in [-0.15, -0.1) is 0 Å². The quantitative estimate of drug-likeness (QED) is 0.606. The van der Waals surface area contributed by atoms with Crippen molar-refractivity contribution >= 4 is 0 Å². The Balaban J connectivity index is 1.51. The first-order valence-corrected chi connectivity index (χ1v) is 9.21. The van der Waals surface area contributed by atoms with Crippen molar-refractivity contribution in [3.05, 3.63) is 89.7 Å². The van der Waals surface area contributed by atoms with Crippen molar-refractivity contribution in [1.82, 2.24) is 10.3 Å². The van der Waals surface area contributed by atoms with Crippen molar-refractivity contribution in [3.63, 3.8) is 0 Å². The van der Waals surface area contributed by atoms with Gasteiger partial charge in [0.05, 0.1) is 7.11 Å². The van der Waals surface area contributed by atoms with Gasteiger partial charge in [0.1, 0.15) is 18.1 Å². The van der Waals surface area contributed by atoms with Gasteiger partial charge in [0, 0.05) is 37.0 Å². The second kappa shape index (κ2) is 9.74. The predicted molar refractivity (Wildman–Crippen MR) is 108 cm³/mol. The largest absolute Gasteiger partial charge is 0.497 e. The van der Waals surface area contributed by atoms with Crippen LogP contribution in [-0.4, -0.2) is 18.6 Å². The molecule has 4 nitrogen and oxygen atoms in total. The van der Waals surface area contributed by atoms with E-state index in [2.05, 4.69) is 41.5 Å². The van der Waals surface area contributed by atoms with Gasteiger partial charge in [-0.2, -0.15) is 0 Å². The van der Waals surface area contributed by atoms with Crippen LogP contribution in [0.25, 0.3) is 0 Å². The predicted octanol–water partition coefficient (Wildman–Crippen LogP) is 4.56. The van der Waals surface area contributed by atoms with E-state index < -0.39 is 0 Å². The summed E-state index contributed by atoms with van der Waals surface area (Å²) in [5, 5.41) is 3.50. The lowest BCUT2D eigenvalue weighted by atomic mass is 10.1. The van der Waals surface area contributed by atoms with Crippen LogP contribution in [-0.2, 0) is 13.2 Å². The molecule has 1 atom stereocenters. The molecule has 0 saturated carbocycles. The van der Waals surface area contributed by atoms with E-state index in [4.69, 9.17) is 9.47 Å². The minimum atomic E-state index is 0.304. The maximum absolute atomic E-state index is 5.93. The molecule has 0 aliphatic carbocycles. The van der Waals surface area contributed by atoms with E-state index in [0.717, 1.165) is 35.8 Å². The van der Waals surface area contributed by atoms with Gasteiger partial charge in [0.25, 0.3) is 0 Å². The third-order valence-corrected chi connectivity index (χ3v) is 4.44. The van der Waals surface area contributed by atoms with Gasteiger partial charge < -0.3 is 14.8 Å². The van der Waals surface area contributed by atoms with Gasteiger partial charge in [-0.05, 0) is 29.3 Å². The zero-order chi connectivity index (χ0) is 18.9. The minimum Gasteiger partial charge on any atom is -0.497 e. The molecule has 0 radical (unpaired) electrons. The molecule has 1 heterocycles. The first-order chi connectivity index (χ1) is 13.2. The van der Waals surface area contributed by atoms with E-state index in [9.17, 15) is 0 Å². The fourth-order valence-electron chi connectivity index (χ4n) is 2.81. The Morgan fingerprint density at radius 3 is 2.44 bits per heavy atom. The van der Waals surface area contributed by atoms with Gasteiger partial charge in [0.2, 0.25) is 0 Å². The van der Waals surface area contributed by atoms with Crippen LogP contribution in [0.5, 0.6) is 11.5 Å². The third-order valence-electron chi connectivity index (χ3n) is 4.44. The van der Waals surface area contributed by atoms with Crippen LogP contribution in [0.15, 0.2) is 72.9 Å². The summed E-state index contributed by atoms with van der Waals surface area (Å²) in [6, 6.07) is 22.2. The standard InChI is InChI=1S/C23H26N2O2/c1-18(15-24-16-19-6-4-3-5-7-19)23-14-22(12-13-25-23)27-17-20-8-10-21(26-2)11-9-20/h3-14,18,24H,15-17H2,1-2H3. The summed E-state index contributed by atoms with van der Waals surface area (Å²) in [4.78, 5) is 4.51. The topological polar surface area (TPSA) is 43.4 Å². The van der Waals surface area contributed by atoms with Crippen molar-refractivity contribution < 1.29 is 9.47 Å². The maximum Gasteiger partial charge on any atom is 0.123 e. The summed E-state index contributed by atoms with van der Waals surface area (Å²) in [7, 11) is 1.67. The Labute approximate surface area is 161 Å². The first kappa shape index (κ1) is 18.9. The van der Waals surface area contributed by atoms with Crippen LogP contribution < -0.4 is 14.8 Å². The van der Waals surface area contributed by atoms with Crippen molar-refractivity contribution in [3.8, 4) is 11.5 Å². The highest BCUT2D eigenvalue weighted by Gasteiger charge is 2.08. The summed E-state index contributed by atoms with van der Waals surface area (Å²) in [5.74, 6) is 1.99. The lowest BCUT2D eigenvalue weighted by Crippen LogP contribution is -2.20. The van der Waals surface area contributed by atoms with E-state index in [0.29, 0.717) is 12.5 Å². The SMILES string of the molecule is COc1ccc(COc2ccnc(C(C)CNCc3ccccc3)c2)cc1. The highest BCUT2D eigenvalue weighted by Crippen LogP contribution is 2.20. The Hall–Kier alpha value is -2.85. The minimum absolute atomic E-state index is 0.304. The molecule has 4 heteroatoms. The molecule has 0 aliphatic heterocycles. The molecular weight excluding hydrogens is 336 g/mol. The molecule has 140 valence electrons. The first-order valence-electron chi connectivity index (χ1n) is 9.21. The molecule has 0 fully saturated rings. The average Bonchev–Trinajstić information content (AvgIpc) is 2.73. The number of nitrogens with one attached hydrogen (secondary N) is 1. The normalized spacial score (nSPS) is 11.8. The second-order valence-corrected chi connectivity index (χ2v) is 6.57. The van der Waals surface area contributed by atoms with Crippen LogP contribution >= 0.6 is 0 Å². The fourth-order valence-corrected chi connectivity index (χ4v) is 2.81. The number of rotatable bonds is 9. The highest BCUT2D eigenvalue weighted by molar-refractivity contribution is 5.28. The molecular formula is C23H26N2O2. The number of hydrogen-bond donors (Lipinski definition) is 1. The average molecular weight is 362 g/mol. The van der Waals surface area contributed by atoms with Crippen LogP contribution in [0, 0.1) is 0 Å². The van der Waals surface area contributed by atoms with Crippen molar-refractivity contribution in [2.75, 3.05) is 13.7 Å². The van der Waals surface area contributed by atoms with Crippen molar-refractivity contribution in [1.29, 1.82) is 0 Å². The van der Waals surface area contributed by atoms with Gasteiger partial charge >= 0.3 is 0 Å². The summed E-state index contributed by atoms with van der Waals surface area (Å²) in [6.07, 6.45) is 1.81. The molecule has 0 spiro atoms. The summed E-state index contributed by atoms with van der Waals surface area (Å²) in [6.45, 7) is 4.42. The van der Waals surface area contributed by atoms with Crippen molar-refractivity contribution in [2.24, 2.45) is 0 Å². The van der Waals surface area contributed by atoms with Crippen molar-refractivity contribution in [2.45, 2.75) is 26.0 Å². The molecule has 1 N–H and O–H groups in total. The lowest BCUT2D eigenvalue weighted by molar-refractivity contribution is 0.305. The Bertz CT molecular complexity index is 819. The van der Waals surface area contributed by atoms with Gasteiger partial charge in [-0.3, -0.25) is 4.98 Å². The Morgan fingerprint density at radius 2 is 1.70 bits per heavy atom. The Morgan fingerprint density at radius 1 is 0.926 bits per heavy atom. The zero-order valence-electron chi connectivity index (χ0n) is 15.9. The number of pyridine rings is 1. The fraction of sp³-hybridized carbons (Fsp3) is 0.261. The van der Waals surface area contributed by atoms with Gasteiger partial charge in [-0.1, -0.05) is 49.4 Å². The Kier molecular flexibility index (Phi) is 6.83. The molecule has 2 aromatic carbocycles. The number of benzene rings is 2. The summed E-state index contributed by atoms with van der Waals surface area (Å²) in [5.41, 5.74) is 3.42. The van der Waals surface area contributed by atoms with Crippen LogP contribution in [0.1, 0.15) is 29.7 Å². The van der Waals surface area contributed by atoms with E-state index in [-0.39, 0.29) is 0 Å². The third kappa shape index (κ3) is 5.83. The van der Waals surface area contributed by atoms with E-state index in [1.165, 1.54) is 5.56 Å². The molecule has 1 unspecified atom stereocenters. The number of ether oxygens (including phenoxy) is 2. The smallest absolute Gasteiger partial charge is 0.123 e. The molecule has 1 aromatic heterocycles. The molecule has 0 amide bonds. The number of aromatic nitrogens is 1. The molecule has 3 aromatic rings. The molecule has 0 saturated heterocycles.